The summed E-state index contributed by atoms with van der Waals surface area (Å²) in [6.07, 6.45) is 0. The fourth-order valence-corrected chi connectivity index (χ4v) is 3.29. The molecule has 0 saturated carbocycles. The molecule has 2 aromatic carbocycles. The van der Waals surface area contributed by atoms with E-state index in [9.17, 15) is 9.90 Å². The van der Waals surface area contributed by atoms with Crippen molar-refractivity contribution in [2.75, 3.05) is 18.0 Å². The normalized spacial score (nSPS) is 10.8. The molecule has 0 bridgehead atoms. The summed E-state index contributed by atoms with van der Waals surface area (Å²) in [5.74, 6) is -1.04. The molecule has 0 unspecified atom stereocenters. The second-order valence-electron chi connectivity index (χ2n) is 5.69. The van der Waals surface area contributed by atoms with Crippen LogP contribution in [0.1, 0.15) is 24.3 Å². The summed E-state index contributed by atoms with van der Waals surface area (Å²) in [5.41, 5.74) is 3.01. The van der Waals surface area contributed by atoms with E-state index in [-0.39, 0.29) is 5.69 Å². The van der Waals surface area contributed by atoms with Gasteiger partial charge in [0.15, 0.2) is 5.69 Å². The third-order valence-electron chi connectivity index (χ3n) is 4.26. The van der Waals surface area contributed by atoms with Crippen LogP contribution >= 0.6 is 11.6 Å². The predicted molar refractivity (Wildman–Crippen MR) is 103 cm³/mol. The summed E-state index contributed by atoms with van der Waals surface area (Å²) < 4.78 is 0. The average molecular weight is 355 g/mol. The number of carbonyl (C=O) groups is 1. The lowest BCUT2D eigenvalue weighted by Crippen LogP contribution is -2.24. The molecule has 4 nitrogen and oxygen atoms in total. The van der Waals surface area contributed by atoms with E-state index < -0.39 is 5.97 Å². The maximum Gasteiger partial charge on any atom is 0.355 e. The van der Waals surface area contributed by atoms with Crippen molar-refractivity contribution in [1.29, 1.82) is 0 Å². The van der Waals surface area contributed by atoms with Gasteiger partial charge in [-0.2, -0.15) is 0 Å². The van der Waals surface area contributed by atoms with Crippen molar-refractivity contribution in [3.05, 3.63) is 59.2 Å². The fraction of sp³-hybridized carbons (Fsp3) is 0.200. The zero-order valence-electron chi connectivity index (χ0n) is 14.2. The van der Waals surface area contributed by atoms with E-state index in [4.69, 9.17) is 11.6 Å². The van der Waals surface area contributed by atoms with Crippen LogP contribution in [0.4, 0.5) is 5.69 Å². The summed E-state index contributed by atoms with van der Waals surface area (Å²) in [4.78, 5) is 18.5. The van der Waals surface area contributed by atoms with Crippen LogP contribution in [-0.4, -0.2) is 29.1 Å². The van der Waals surface area contributed by atoms with Gasteiger partial charge in [0.25, 0.3) is 0 Å². The van der Waals surface area contributed by atoms with Crippen molar-refractivity contribution in [2.45, 2.75) is 13.8 Å². The number of anilines is 1. The number of hydrogen-bond acceptors (Lipinski definition) is 3. The van der Waals surface area contributed by atoms with Crippen molar-refractivity contribution in [1.82, 2.24) is 4.98 Å². The molecule has 25 heavy (non-hydrogen) atoms. The van der Waals surface area contributed by atoms with Crippen molar-refractivity contribution in [3.63, 3.8) is 0 Å². The fourth-order valence-electron chi connectivity index (χ4n) is 3.12. The molecule has 0 spiro atoms. The van der Waals surface area contributed by atoms with E-state index in [2.05, 4.69) is 23.7 Å². The summed E-state index contributed by atoms with van der Waals surface area (Å²) >= 11 is 6.22. The third kappa shape index (κ3) is 3.17. The minimum Gasteiger partial charge on any atom is -0.476 e. The predicted octanol–water partition coefficient (Wildman–Crippen LogP) is 5.10. The van der Waals surface area contributed by atoms with E-state index in [1.807, 2.05) is 36.4 Å². The lowest BCUT2D eigenvalue weighted by Gasteiger charge is -2.27. The van der Waals surface area contributed by atoms with Gasteiger partial charge in [0.1, 0.15) is 0 Å². The van der Waals surface area contributed by atoms with Crippen LogP contribution in [0.15, 0.2) is 48.5 Å². The van der Waals surface area contributed by atoms with Crippen molar-refractivity contribution < 1.29 is 9.90 Å². The molecule has 128 valence electrons. The molecule has 5 heteroatoms. The Morgan fingerprint density at radius 3 is 2.40 bits per heavy atom. The van der Waals surface area contributed by atoms with Gasteiger partial charge < -0.3 is 10.0 Å². The minimum absolute atomic E-state index is 0.0583. The number of aromatic carboxylic acids is 1. The van der Waals surface area contributed by atoms with Crippen LogP contribution in [0.5, 0.6) is 0 Å². The van der Waals surface area contributed by atoms with Gasteiger partial charge >= 0.3 is 5.97 Å². The molecule has 3 rings (SSSR count). The van der Waals surface area contributed by atoms with Crippen LogP contribution in [0.3, 0.4) is 0 Å². The van der Waals surface area contributed by atoms with E-state index in [1.165, 1.54) is 0 Å². The Kier molecular flexibility index (Phi) is 4.91. The molecule has 1 heterocycles. The van der Waals surface area contributed by atoms with Gasteiger partial charge in [-0.15, -0.1) is 0 Å². The molecule has 0 atom stereocenters. The number of fused-ring (bicyclic) bond motifs is 1. The first-order valence-electron chi connectivity index (χ1n) is 8.23. The second-order valence-corrected chi connectivity index (χ2v) is 6.13. The number of benzene rings is 2. The van der Waals surface area contributed by atoms with Gasteiger partial charge in [-0.3, -0.25) is 0 Å². The Morgan fingerprint density at radius 1 is 1.12 bits per heavy atom. The molecule has 0 fully saturated rings. The van der Waals surface area contributed by atoms with Crippen molar-refractivity contribution in [2.24, 2.45) is 0 Å². The van der Waals surface area contributed by atoms with Gasteiger partial charge in [-0.1, -0.05) is 41.9 Å². The maximum absolute atomic E-state index is 12.0. The van der Waals surface area contributed by atoms with E-state index in [0.717, 1.165) is 29.7 Å². The Morgan fingerprint density at radius 2 is 1.80 bits per heavy atom. The standard InChI is InChI=1S/C20H19ClN2O2/c1-3-23(4-2)19-15-12-14(21)10-11-16(15)22-18(20(24)25)17(19)13-8-6-5-7-9-13/h5-12H,3-4H2,1-2H3,(H,24,25). The highest BCUT2D eigenvalue weighted by molar-refractivity contribution is 6.31. The van der Waals surface area contributed by atoms with Gasteiger partial charge in [-0.25, -0.2) is 9.78 Å². The lowest BCUT2D eigenvalue weighted by atomic mass is 9.97. The highest BCUT2D eigenvalue weighted by Crippen LogP contribution is 2.39. The number of pyridine rings is 1. The number of carboxylic acid groups (broad SMARTS) is 1. The number of hydrogen-bond donors (Lipinski definition) is 1. The molecule has 3 aromatic rings. The number of rotatable bonds is 5. The zero-order valence-corrected chi connectivity index (χ0v) is 14.9. The highest BCUT2D eigenvalue weighted by Gasteiger charge is 2.23. The molecule has 0 radical (unpaired) electrons. The van der Waals surface area contributed by atoms with Crippen LogP contribution in [0.25, 0.3) is 22.0 Å². The zero-order chi connectivity index (χ0) is 18.0. The average Bonchev–Trinajstić information content (AvgIpc) is 2.63. The van der Waals surface area contributed by atoms with Crippen molar-refractivity contribution >= 4 is 34.2 Å². The van der Waals surface area contributed by atoms with Crippen molar-refractivity contribution in [3.8, 4) is 11.1 Å². The first-order chi connectivity index (χ1) is 12.1. The topological polar surface area (TPSA) is 53.4 Å². The first kappa shape index (κ1) is 17.2. The second kappa shape index (κ2) is 7.11. The van der Waals surface area contributed by atoms with Crippen LogP contribution in [-0.2, 0) is 0 Å². The third-order valence-corrected chi connectivity index (χ3v) is 4.50. The van der Waals surface area contributed by atoms with Gasteiger partial charge in [0.05, 0.1) is 11.2 Å². The van der Waals surface area contributed by atoms with Gasteiger partial charge in [0, 0.05) is 29.1 Å². The molecular weight excluding hydrogens is 336 g/mol. The van der Waals surface area contributed by atoms with Crippen LogP contribution < -0.4 is 4.90 Å². The monoisotopic (exact) mass is 354 g/mol. The first-order valence-corrected chi connectivity index (χ1v) is 8.61. The van der Waals surface area contributed by atoms with Gasteiger partial charge in [0.2, 0.25) is 0 Å². The molecule has 0 amide bonds. The number of carboxylic acids is 1. The van der Waals surface area contributed by atoms with E-state index in [1.54, 1.807) is 12.1 Å². The Bertz CT molecular complexity index is 922. The summed E-state index contributed by atoms with van der Waals surface area (Å²) in [6, 6.07) is 14.9. The molecule has 0 aliphatic heterocycles. The molecule has 1 aromatic heterocycles. The molecule has 1 N–H and O–H groups in total. The Labute approximate surface area is 151 Å². The van der Waals surface area contributed by atoms with Gasteiger partial charge in [-0.05, 0) is 37.6 Å². The number of aromatic nitrogens is 1. The van der Waals surface area contributed by atoms with Crippen LogP contribution in [0.2, 0.25) is 5.02 Å². The summed E-state index contributed by atoms with van der Waals surface area (Å²) in [6.45, 7) is 5.60. The molecular formula is C20H19ClN2O2. The van der Waals surface area contributed by atoms with Crippen LogP contribution in [0, 0.1) is 0 Å². The summed E-state index contributed by atoms with van der Waals surface area (Å²) in [5, 5.41) is 11.2. The summed E-state index contributed by atoms with van der Waals surface area (Å²) in [7, 11) is 0. The largest absolute Gasteiger partial charge is 0.476 e. The quantitative estimate of drug-likeness (QED) is 0.692. The smallest absolute Gasteiger partial charge is 0.355 e. The molecule has 0 aliphatic carbocycles. The molecule has 0 aliphatic rings. The maximum atomic E-state index is 12.0. The number of halogens is 1. The molecule has 0 saturated heterocycles. The SMILES string of the molecule is CCN(CC)c1c(-c2ccccc2)c(C(=O)O)nc2ccc(Cl)cc12. The lowest BCUT2D eigenvalue weighted by molar-refractivity contribution is 0.0692. The minimum atomic E-state index is -1.04. The van der Waals surface area contributed by atoms with E-state index >= 15 is 0 Å². The Balaban J connectivity index is 2.50. The highest BCUT2D eigenvalue weighted by atomic mass is 35.5. The Hall–Kier alpha value is -2.59. The van der Waals surface area contributed by atoms with E-state index in [0.29, 0.717) is 16.1 Å². The number of nitrogens with zero attached hydrogens (tertiary/aromatic N) is 2.